The minimum atomic E-state index is -7.21. The zero-order chi connectivity index (χ0) is 22.5. The van der Waals surface area contributed by atoms with Gasteiger partial charge in [-0.1, -0.05) is 30.3 Å². The Balaban J connectivity index is 2.64. The number of rotatable bonds is 6. The molecule has 1 aliphatic heterocycles. The number of alkyl halides is 10. The molecule has 164 valence electrons. The Bertz CT molecular complexity index is 752. The number of Topliss-reactive ketones (excluding diaryl/α,β-unsaturated/α-hetero) is 1. The van der Waals surface area contributed by atoms with Gasteiger partial charge in [0.15, 0.2) is 5.66 Å². The molecule has 0 radical (unpaired) electrons. The third-order valence-electron chi connectivity index (χ3n) is 4.72. The van der Waals surface area contributed by atoms with Gasteiger partial charge in [0, 0.05) is 18.7 Å². The van der Waals surface area contributed by atoms with Crippen molar-refractivity contribution in [3.05, 3.63) is 35.9 Å². The van der Waals surface area contributed by atoms with Gasteiger partial charge in [0.05, 0.1) is 0 Å². The first kappa shape index (κ1) is 23.4. The summed E-state index contributed by atoms with van der Waals surface area (Å²) in [6.45, 7) is -1.31. The molecule has 0 saturated carbocycles. The Morgan fingerprint density at radius 2 is 1.52 bits per heavy atom. The topological polar surface area (TPSA) is 32.3 Å². The molecule has 2 rings (SSSR count). The first-order valence-corrected chi connectivity index (χ1v) is 7.95. The highest BCUT2D eigenvalue weighted by atomic mass is 19.4. The highest BCUT2D eigenvalue weighted by Crippen LogP contribution is 2.58. The van der Waals surface area contributed by atoms with Gasteiger partial charge in [0.2, 0.25) is 12.0 Å². The Labute approximate surface area is 157 Å². The first-order chi connectivity index (χ1) is 13.1. The molecule has 0 aromatic heterocycles. The molecule has 2 unspecified atom stereocenters. The number of benzene rings is 1. The zero-order valence-corrected chi connectivity index (χ0v) is 14.5. The molecule has 2 atom stereocenters. The van der Waals surface area contributed by atoms with Crippen LogP contribution in [-0.4, -0.2) is 66.6 Å². The molecule has 13 heteroatoms. The molecular formula is C16H14F10N2O. The molecule has 1 aromatic rings. The largest absolute Gasteiger partial charge is 0.460 e. The van der Waals surface area contributed by atoms with Crippen LogP contribution >= 0.6 is 0 Å². The van der Waals surface area contributed by atoms with Gasteiger partial charge >= 0.3 is 23.9 Å². The van der Waals surface area contributed by atoms with Gasteiger partial charge in [0.25, 0.3) is 0 Å². The maximum atomic E-state index is 15.0. The third-order valence-corrected chi connectivity index (χ3v) is 4.72. The van der Waals surface area contributed by atoms with Crippen LogP contribution in [0.1, 0.15) is 10.4 Å². The van der Waals surface area contributed by atoms with Crippen molar-refractivity contribution >= 4 is 5.78 Å². The molecule has 1 N–H and O–H groups in total. The van der Waals surface area contributed by atoms with Crippen LogP contribution in [0.2, 0.25) is 0 Å². The molecule has 1 aromatic carbocycles. The van der Waals surface area contributed by atoms with Crippen LogP contribution in [0.15, 0.2) is 30.3 Å². The van der Waals surface area contributed by atoms with Crippen molar-refractivity contribution in [1.29, 1.82) is 0 Å². The smallest absolute Gasteiger partial charge is 0.291 e. The van der Waals surface area contributed by atoms with Gasteiger partial charge in [-0.3, -0.25) is 15.0 Å². The second-order valence-corrected chi connectivity index (χ2v) is 6.43. The van der Waals surface area contributed by atoms with E-state index in [0.717, 1.165) is 12.1 Å². The average molecular weight is 440 g/mol. The van der Waals surface area contributed by atoms with Gasteiger partial charge in [-0.2, -0.15) is 39.5 Å². The van der Waals surface area contributed by atoms with Crippen LogP contribution < -0.4 is 5.32 Å². The summed E-state index contributed by atoms with van der Waals surface area (Å²) in [4.78, 5) is 12.4. The van der Waals surface area contributed by atoms with E-state index in [0.29, 0.717) is 7.05 Å². The molecule has 0 aliphatic carbocycles. The maximum absolute atomic E-state index is 15.0. The quantitative estimate of drug-likeness (QED) is 0.538. The van der Waals surface area contributed by atoms with Gasteiger partial charge in [-0.25, -0.2) is 4.39 Å². The molecular weight excluding hydrogens is 426 g/mol. The Hall–Kier alpha value is -1.89. The SMILES string of the molecule is CN1CCNC1(C(F)C(=O)c1ccccc1)C(F)(F)C(F)(F)C(F)(F)C(F)(F)F. The number of likely N-dealkylation sites (N-methyl/N-ethyl adjacent to an activating group) is 1. The van der Waals surface area contributed by atoms with E-state index in [9.17, 15) is 44.3 Å². The van der Waals surface area contributed by atoms with Gasteiger partial charge < -0.3 is 0 Å². The highest BCUT2D eigenvalue weighted by molar-refractivity contribution is 6.00. The van der Waals surface area contributed by atoms with Gasteiger partial charge in [0.1, 0.15) is 0 Å². The fourth-order valence-electron chi connectivity index (χ4n) is 3.07. The lowest BCUT2D eigenvalue weighted by atomic mass is 9.84. The first-order valence-electron chi connectivity index (χ1n) is 7.95. The Morgan fingerprint density at radius 1 is 1.00 bits per heavy atom. The maximum Gasteiger partial charge on any atom is 0.460 e. The fraction of sp³-hybridized carbons (Fsp3) is 0.562. The zero-order valence-electron chi connectivity index (χ0n) is 14.5. The monoisotopic (exact) mass is 440 g/mol. The van der Waals surface area contributed by atoms with Crippen LogP contribution in [-0.2, 0) is 0 Å². The van der Waals surface area contributed by atoms with Crippen LogP contribution in [0.25, 0.3) is 0 Å². The molecule has 1 heterocycles. The number of carbonyl (C=O) groups is 1. The molecule has 29 heavy (non-hydrogen) atoms. The minimum Gasteiger partial charge on any atom is -0.291 e. The number of nitrogens with one attached hydrogen (secondary N) is 1. The van der Waals surface area contributed by atoms with E-state index in [2.05, 4.69) is 0 Å². The summed E-state index contributed by atoms with van der Waals surface area (Å²) in [5.41, 5.74) is -4.72. The van der Waals surface area contributed by atoms with E-state index in [1.54, 1.807) is 0 Å². The van der Waals surface area contributed by atoms with Crippen LogP contribution in [0, 0.1) is 0 Å². The lowest BCUT2D eigenvalue weighted by Crippen LogP contribution is -2.78. The second-order valence-electron chi connectivity index (χ2n) is 6.43. The van der Waals surface area contributed by atoms with Crippen molar-refractivity contribution < 1.29 is 48.7 Å². The number of hydrogen-bond donors (Lipinski definition) is 1. The van der Waals surface area contributed by atoms with E-state index in [1.807, 2.05) is 0 Å². The Kier molecular flexibility index (Phi) is 5.74. The van der Waals surface area contributed by atoms with Crippen molar-refractivity contribution in [3.63, 3.8) is 0 Å². The number of nitrogens with zero attached hydrogens (tertiary/aromatic N) is 1. The van der Waals surface area contributed by atoms with Crippen LogP contribution in [0.3, 0.4) is 0 Å². The summed E-state index contributed by atoms with van der Waals surface area (Å²) in [6, 6.07) is 5.61. The van der Waals surface area contributed by atoms with Gasteiger partial charge in [-0.15, -0.1) is 0 Å². The summed E-state index contributed by atoms with van der Waals surface area (Å²) in [7, 11) is 0.598. The number of ketones is 1. The Morgan fingerprint density at radius 3 is 1.93 bits per heavy atom. The lowest BCUT2D eigenvalue weighted by Gasteiger charge is -2.47. The van der Waals surface area contributed by atoms with E-state index >= 15 is 4.39 Å². The second kappa shape index (κ2) is 7.11. The number of carbonyl (C=O) groups excluding carboxylic acids is 1. The van der Waals surface area contributed by atoms with Crippen molar-refractivity contribution in [3.8, 4) is 0 Å². The highest BCUT2D eigenvalue weighted by Gasteiger charge is 2.88. The fourth-order valence-corrected chi connectivity index (χ4v) is 3.07. The lowest BCUT2D eigenvalue weighted by molar-refractivity contribution is -0.412. The van der Waals surface area contributed by atoms with Crippen LogP contribution in [0.5, 0.6) is 0 Å². The average Bonchev–Trinajstić information content (AvgIpc) is 3.02. The van der Waals surface area contributed by atoms with E-state index in [1.165, 1.54) is 23.5 Å². The minimum absolute atomic E-state index is 0.0961. The molecule has 0 bridgehead atoms. The van der Waals surface area contributed by atoms with Crippen LogP contribution in [0.4, 0.5) is 43.9 Å². The van der Waals surface area contributed by atoms with E-state index in [-0.39, 0.29) is 4.90 Å². The number of halogens is 10. The van der Waals surface area contributed by atoms with Crippen molar-refractivity contribution in [2.24, 2.45) is 0 Å². The van der Waals surface area contributed by atoms with Crippen molar-refractivity contribution in [2.45, 2.75) is 35.8 Å². The summed E-state index contributed by atoms with van der Waals surface area (Å²) >= 11 is 0. The molecule has 0 spiro atoms. The summed E-state index contributed by atoms with van der Waals surface area (Å²) < 4.78 is 136. The van der Waals surface area contributed by atoms with Crippen molar-refractivity contribution in [2.75, 3.05) is 20.1 Å². The molecule has 0 amide bonds. The summed E-state index contributed by atoms with van der Waals surface area (Å²) in [6.07, 6.45) is -10.7. The number of hydrogen-bond acceptors (Lipinski definition) is 3. The normalized spacial score (nSPS) is 23.3. The molecule has 1 aliphatic rings. The summed E-state index contributed by atoms with van der Waals surface area (Å²) in [5.74, 6) is -22.5. The predicted octanol–water partition coefficient (Wildman–Crippen LogP) is 3.91. The predicted molar refractivity (Wildman–Crippen MR) is 79.9 cm³/mol. The van der Waals surface area contributed by atoms with E-state index in [4.69, 9.17) is 0 Å². The van der Waals surface area contributed by atoms with Crippen molar-refractivity contribution in [1.82, 2.24) is 10.2 Å². The summed E-state index contributed by atoms with van der Waals surface area (Å²) in [5, 5.41) is 1.54. The third kappa shape index (κ3) is 3.18. The van der Waals surface area contributed by atoms with Gasteiger partial charge in [-0.05, 0) is 7.05 Å². The standard InChI is InChI=1S/C16H14F10N2O/c1-28-8-7-27-12(28,11(17)10(29)9-5-3-2-4-6-9)13(18,19)14(20,21)15(22,23)16(24,25)26/h2-6,11,27H,7-8H2,1H3. The molecule has 1 saturated heterocycles. The molecule has 1 fully saturated rings. The van der Waals surface area contributed by atoms with E-state index < -0.39 is 60.2 Å². The molecule has 3 nitrogen and oxygen atoms in total.